The number of carboxylic acids is 1. The highest BCUT2D eigenvalue weighted by atomic mass is 16.5. The van der Waals surface area contributed by atoms with Gasteiger partial charge in [-0.2, -0.15) is 0 Å². The molecule has 5 heteroatoms. The fourth-order valence-electron chi connectivity index (χ4n) is 1.70. The maximum Gasteiger partial charge on any atom is 0.358 e. The van der Waals surface area contributed by atoms with E-state index in [0.29, 0.717) is 12.3 Å². The topological polar surface area (TPSA) is 66.6 Å². The van der Waals surface area contributed by atoms with Crippen LogP contribution in [0.2, 0.25) is 0 Å². The third kappa shape index (κ3) is 2.68. The van der Waals surface area contributed by atoms with E-state index in [2.05, 4.69) is 10.1 Å². The Kier molecular flexibility index (Phi) is 3.62. The predicted octanol–water partition coefficient (Wildman–Crippen LogP) is 2.40. The lowest BCUT2D eigenvalue weighted by Crippen LogP contribution is -2.21. The molecule has 0 atom stereocenters. The van der Waals surface area contributed by atoms with Crippen LogP contribution in [0.1, 0.15) is 23.2 Å². The van der Waals surface area contributed by atoms with Gasteiger partial charge in [0.25, 0.3) is 0 Å². The quantitative estimate of drug-likeness (QED) is 0.877. The van der Waals surface area contributed by atoms with Gasteiger partial charge in [-0.3, -0.25) is 0 Å². The lowest BCUT2D eigenvalue weighted by Gasteiger charge is -2.21. The number of para-hydroxylation sites is 1. The average molecular weight is 246 g/mol. The SMILES string of the molecule is CCN(Cc1cc(C(=O)O)no1)c1ccccc1. The molecule has 0 saturated heterocycles. The summed E-state index contributed by atoms with van der Waals surface area (Å²) in [7, 11) is 0. The van der Waals surface area contributed by atoms with Crippen molar-refractivity contribution in [3.63, 3.8) is 0 Å². The molecule has 1 heterocycles. The zero-order valence-electron chi connectivity index (χ0n) is 10.0. The first-order valence-electron chi connectivity index (χ1n) is 5.69. The van der Waals surface area contributed by atoms with Crippen molar-refractivity contribution < 1.29 is 14.4 Å². The first-order chi connectivity index (χ1) is 8.70. The van der Waals surface area contributed by atoms with Crippen LogP contribution in [0.3, 0.4) is 0 Å². The minimum absolute atomic E-state index is 0.0610. The molecule has 94 valence electrons. The number of anilines is 1. The van der Waals surface area contributed by atoms with Gasteiger partial charge in [-0.15, -0.1) is 0 Å². The zero-order chi connectivity index (χ0) is 13.0. The highest BCUT2D eigenvalue weighted by molar-refractivity contribution is 5.85. The van der Waals surface area contributed by atoms with Gasteiger partial charge in [-0.1, -0.05) is 23.4 Å². The minimum Gasteiger partial charge on any atom is -0.476 e. The first kappa shape index (κ1) is 12.2. The number of benzene rings is 1. The van der Waals surface area contributed by atoms with E-state index in [0.717, 1.165) is 12.2 Å². The van der Waals surface area contributed by atoms with Gasteiger partial charge in [0, 0.05) is 18.3 Å². The Morgan fingerprint density at radius 3 is 2.67 bits per heavy atom. The van der Waals surface area contributed by atoms with E-state index in [1.807, 2.05) is 37.3 Å². The number of hydrogen-bond acceptors (Lipinski definition) is 4. The summed E-state index contributed by atoms with van der Waals surface area (Å²) in [6.45, 7) is 3.33. The predicted molar refractivity (Wildman–Crippen MR) is 66.6 cm³/mol. The summed E-state index contributed by atoms with van der Waals surface area (Å²) in [4.78, 5) is 12.8. The van der Waals surface area contributed by atoms with Crippen molar-refractivity contribution in [1.82, 2.24) is 5.16 Å². The van der Waals surface area contributed by atoms with Crippen LogP contribution in [-0.2, 0) is 6.54 Å². The molecule has 0 unspecified atom stereocenters. The molecule has 18 heavy (non-hydrogen) atoms. The Hall–Kier alpha value is -2.30. The van der Waals surface area contributed by atoms with Crippen LogP contribution in [0.4, 0.5) is 5.69 Å². The van der Waals surface area contributed by atoms with Crippen molar-refractivity contribution in [2.75, 3.05) is 11.4 Å². The van der Waals surface area contributed by atoms with E-state index in [1.165, 1.54) is 6.07 Å². The smallest absolute Gasteiger partial charge is 0.358 e. The lowest BCUT2D eigenvalue weighted by atomic mass is 10.2. The molecule has 1 N–H and O–H groups in total. The van der Waals surface area contributed by atoms with Crippen LogP contribution in [0, 0.1) is 0 Å². The van der Waals surface area contributed by atoms with Gasteiger partial charge < -0.3 is 14.5 Å². The monoisotopic (exact) mass is 246 g/mol. The molecule has 1 aromatic heterocycles. The molecule has 0 saturated carbocycles. The van der Waals surface area contributed by atoms with Gasteiger partial charge in [0.05, 0.1) is 6.54 Å². The first-order valence-corrected chi connectivity index (χ1v) is 5.69. The molecule has 0 bridgehead atoms. The van der Waals surface area contributed by atoms with Crippen LogP contribution in [0.15, 0.2) is 40.9 Å². The van der Waals surface area contributed by atoms with Gasteiger partial charge in [0.1, 0.15) is 0 Å². The number of nitrogens with zero attached hydrogens (tertiary/aromatic N) is 2. The minimum atomic E-state index is -1.08. The van der Waals surface area contributed by atoms with E-state index in [4.69, 9.17) is 9.63 Å². The van der Waals surface area contributed by atoms with Crippen molar-refractivity contribution in [2.24, 2.45) is 0 Å². The molecule has 5 nitrogen and oxygen atoms in total. The van der Waals surface area contributed by atoms with Crippen LogP contribution < -0.4 is 4.90 Å². The summed E-state index contributed by atoms with van der Waals surface area (Å²) < 4.78 is 5.01. The number of carbonyl (C=O) groups is 1. The summed E-state index contributed by atoms with van der Waals surface area (Å²) in [5, 5.41) is 12.3. The number of aromatic nitrogens is 1. The maximum atomic E-state index is 10.7. The zero-order valence-corrected chi connectivity index (χ0v) is 10.0. The second-order valence-electron chi connectivity index (χ2n) is 3.83. The Bertz CT molecular complexity index is 522. The Morgan fingerprint density at radius 2 is 2.11 bits per heavy atom. The van der Waals surface area contributed by atoms with E-state index in [1.54, 1.807) is 0 Å². The van der Waals surface area contributed by atoms with Crippen molar-refractivity contribution >= 4 is 11.7 Å². The summed E-state index contributed by atoms with van der Waals surface area (Å²) in [6.07, 6.45) is 0. The van der Waals surface area contributed by atoms with E-state index < -0.39 is 5.97 Å². The normalized spacial score (nSPS) is 10.3. The molecular weight excluding hydrogens is 232 g/mol. The number of carboxylic acid groups (broad SMARTS) is 1. The molecule has 0 aliphatic carbocycles. The lowest BCUT2D eigenvalue weighted by molar-refractivity contribution is 0.0685. The molecule has 0 fully saturated rings. The molecule has 0 amide bonds. The fraction of sp³-hybridized carbons (Fsp3) is 0.231. The highest BCUT2D eigenvalue weighted by Gasteiger charge is 2.13. The molecule has 1 aromatic carbocycles. The highest BCUT2D eigenvalue weighted by Crippen LogP contribution is 2.16. The molecular formula is C13H14N2O3. The van der Waals surface area contributed by atoms with Gasteiger partial charge in [0.15, 0.2) is 11.5 Å². The number of hydrogen-bond donors (Lipinski definition) is 1. The van der Waals surface area contributed by atoms with Gasteiger partial charge in [0.2, 0.25) is 0 Å². The summed E-state index contributed by atoms with van der Waals surface area (Å²) in [5.41, 5.74) is 1.00. The van der Waals surface area contributed by atoms with Crippen molar-refractivity contribution in [3.05, 3.63) is 47.9 Å². The van der Waals surface area contributed by atoms with Gasteiger partial charge in [-0.05, 0) is 19.1 Å². The third-order valence-electron chi connectivity index (χ3n) is 2.63. The fourth-order valence-corrected chi connectivity index (χ4v) is 1.70. The standard InChI is InChI=1S/C13H14N2O3/c1-2-15(10-6-4-3-5-7-10)9-11-8-12(13(16)17)14-18-11/h3-8H,2,9H2,1H3,(H,16,17). The van der Waals surface area contributed by atoms with E-state index in [9.17, 15) is 4.79 Å². The molecule has 2 rings (SSSR count). The van der Waals surface area contributed by atoms with Crippen LogP contribution in [0.5, 0.6) is 0 Å². The second kappa shape index (κ2) is 5.35. The number of aromatic carboxylic acids is 1. The summed E-state index contributed by atoms with van der Waals surface area (Å²) in [6, 6.07) is 11.3. The Labute approximate surface area is 105 Å². The van der Waals surface area contributed by atoms with Crippen LogP contribution >= 0.6 is 0 Å². The molecule has 2 aromatic rings. The Balaban J connectivity index is 2.13. The Morgan fingerprint density at radius 1 is 1.39 bits per heavy atom. The van der Waals surface area contributed by atoms with E-state index >= 15 is 0 Å². The van der Waals surface area contributed by atoms with Crippen molar-refractivity contribution in [2.45, 2.75) is 13.5 Å². The van der Waals surface area contributed by atoms with Crippen LogP contribution in [0.25, 0.3) is 0 Å². The maximum absolute atomic E-state index is 10.7. The molecule has 0 radical (unpaired) electrons. The van der Waals surface area contributed by atoms with E-state index in [-0.39, 0.29) is 5.69 Å². The molecule has 0 aliphatic rings. The van der Waals surface area contributed by atoms with Crippen molar-refractivity contribution in [3.8, 4) is 0 Å². The van der Waals surface area contributed by atoms with Gasteiger partial charge >= 0.3 is 5.97 Å². The third-order valence-corrected chi connectivity index (χ3v) is 2.63. The van der Waals surface area contributed by atoms with Gasteiger partial charge in [-0.25, -0.2) is 4.79 Å². The molecule has 0 aliphatic heterocycles. The number of rotatable bonds is 5. The van der Waals surface area contributed by atoms with Crippen molar-refractivity contribution in [1.29, 1.82) is 0 Å². The summed E-state index contributed by atoms with van der Waals surface area (Å²) in [5.74, 6) is -0.536. The van der Waals surface area contributed by atoms with Crippen LogP contribution in [-0.4, -0.2) is 22.8 Å². The average Bonchev–Trinajstić information content (AvgIpc) is 2.86. The largest absolute Gasteiger partial charge is 0.476 e. The second-order valence-corrected chi connectivity index (χ2v) is 3.83. The summed E-state index contributed by atoms with van der Waals surface area (Å²) >= 11 is 0. The molecule has 0 spiro atoms.